The molecular weight excluding hydrogens is 246 g/mol. The van der Waals surface area contributed by atoms with Crippen LogP contribution in [0.1, 0.15) is 23.6 Å². The molecule has 0 radical (unpaired) electrons. The first-order chi connectivity index (χ1) is 9.70. The highest BCUT2D eigenvalue weighted by atomic mass is 16.1. The van der Waals surface area contributed by atoms with Crippen molar-refractivity contribution in [1.82, 2.24) is 5.32 Å². The molecule has 0 aliphatic heterocycles. The molecule has 1 atom stereocenters. The van der Waals surface area contributed by atoms with Crippen molar-refractivity contribution in [3.8, 4) is 0 Å². The fraction of sp³-hybridized carbons (Fsp3) is 0.167. The average Bonchev–Trinajstić information content (AvgIpc) is 2.79. The predicted molar refractivity (Wildman–Crippen MR) is 81.1 cm³/mol. The molecule has 1 aliphatic carbocycles. The molecule has 2 heteroatoms. The Morgan fingerprint density at radius 2 is 1.75 bits per heavy atom. The molecule has 1 unspecified atom stereocenters. The molecule has 3 rings (SSSR count). The van der Waals surface area contributed by atoms with Gasteiger partial charge in [0.15, 0.2) is 0 Å². The number of fused-ring (bicyclic) bond motifs is 1. The summed E-state index contributed by atoms with van der Waals surface area (Å²) in [5.74, 6) is -0.0118. The Morgan fingerprint density at radius 1 is 1.05 bits per heavy atom. The van der Waals surface area contributed by atoms with Gasteiger partial charge in [-0.3, -0.25) is 4.79 Å². The third-order valence-electron chi connectivity index (χ3n) is 3.71. The van der Waals surface area contributed by atoms with Crippen LogP contribution < -0.4 is 5.32 Å². The van der Waals surface area contributed by atoms with Gasteiger partial charge in [-0.15, -0.1) is 0 Å². The van der Waals surface area contributed by atoms with Gasteiger partial charge in [-0.25, -0.2) is 0 Å². The lowest BCUT2D eigenvalue weighted by atomic mass is 9.85. The maximum Gasteiger partial charge on any atom is 0.217 e. The standard InChI is InChI=1S/C18H17NO/c1-14(20)19-18(13-15-7-3-2-4-8-15)12-11-16-9-5-6-10-17(16)18/h2-12H,13H2,1H3,(H,19,20). The molecule has 20 heavy (non-hydrogen) atoms. The van der Waals surface area contributed by atoms with E-state index in [1.54, 1.807) is 6.92 Å². The van der Waals surface area contributed by atoms with Crippen molar-refractivity contribution in [3.05, 3.63) is 77.4 Å². The van der Waals surface area contributed by atoms with Crippen LogP contribution in [0.3, 0.4) is 0 Å². The van der Waals surface area contributed by atoms with Gasteiger partial charge in [0.2, 0.25) is 5.91 Å². The summed E-state index contributed by atoms with van der Waals surface area (Å²) in [6, 6.07) is 18.5. The van der Waals surface area contributed by atoms with Crippen LogP contribution in [0.2, 0.25) is 0 Å². The van der Waals surface area contributed by atoms with E-state index in [9.17, 15) is 4.79 Å². The Hall–Kier alpha value is -2.35. The first kappa shape index (κ1) is 12.7. The maximum absolute atomic E-state index is 11.7. The fourth-order valence-electron chi connectivity index (χ4n) is 2.91. The Bertz CT molecular complexity index is 660. The van der Waals surface area contributed by atoms with Gasteiger partial charge in [0.25, 0.3) is 0 Å². The molecule has 0 saturated heterocycles. The highest BCUT2D eigenvalue weighted by Crippen LogP contribution is 2.36. The summed E-state index contributed by atoms with van der Waals surface area (Å²) in [6.07, 6.45) is 4.96. The number of carbonyl (C=O) groups is 1. The zero-order chi connectivity index (χ0) is 14.0. The van der Waals surface area contributed by atoms with E-state index in [1.807, 2.05) is 30.3 Å². The zero-order valence-electron chi connectivity index (χ0n) is 11.5. The van der Waals surface area contributed by atoms with E-state index < -0.39 is 5.54 Å². The predicted octanol–water partition coefficient (Wildman–Crippen LogP) is 3.29. The van der Waals surface area contributed by atoms with Gasteiger partial charge >= 0.3 is 0 Å². The number of rotatable bonds is 3. The molecular formula is C18H17NO. The second kappa shape index (κ2) is 4.97. The average molecular weight is 263 g/mol. The fourth-order valence-corrected chi connectivity index (χ4v) is 2.91. The third-order valence-corrected chi connectivity index (χ3v) is 3.71. The normalized spacial score (nSPS) is 19.6. The first-order valence-corrected chi connectivity index (χ1v) is 6.81. The third kappa shape index (κ3) is 2.25. The Morgan fingerprint density at radius 3 is 2.50 bits per heavy atom. The Labute approximate surface area is 119 Å². The number of benzene rings is 2. The molecule has 100 valence electrons. The highest BCUT2D eigenvalue weighted by Gasteiger charge is 2.35. The smallest absolute Gasteiger partial charge is 0.217 e. The SMILES string of the molecule is CC(=O)NC1(Cc2ccccc2)C=Cc2ccccc21. The van der Waals surface area contributed by atoms with Gasteiger partial charge in [-0.1, -0.05) is 66.7 Å². The van der Waals surface area contributed by atoms with Crippen LogP contribution >= 0.6 is 0 Å². The van der Waals surface area contributed by atoms with Gasteiger partial charge in [0.1, 0.15) is 0 Å². The van der Waals surface area contributed by atoms with E-state index >= 15 is 0 Å². The monoisotopic (exact) mass is 263 g/mol. The van der Waals surface area contributed by atoms with Crippen molar-refractivity contribution in [1.29, 1.82) is 0 Å². The molecule has 0 heterocycles. The minimum atomic E-state index is -0.427. The van der Waals surface area contributed by atoms with E-state index in [2.05, 4.69) is 41.7 Å². The van der Waals surface area contributed by atoms with Crippen LogP contribution in [-0.2, 0) is 16.8 Å². The lowest BCUT2D eigenvalue weighted by molar-refractivity contribution is -0.120. The van der Waals surface area contributed by atoms with Gasteiger partial charge in [-0.2, -0.15) is 0 Å². The highest BCUT2D eigenvalue weighted by molar-refractivity contribution is 5.77. The largest absolute Gasteiger partial charge is 0.343 e. The lowest BCUT2D eigenvalue weighted by Gasteiger charge is -2.30. The summed E-state index contributed by atoms with van der Waals surface area (Å²) < 4.78 is 0. The van der Waals surface area contributed by atoms with E-state index in [1.165, 1.54) is 16.7 Å². The van der Waals surface area contributed by atoms with Crippen LogP contribution in [-0.4, -0.2) is 5.91 Å². The van der Waals surface area contributed by atoms with Crippen LogP contribution in [0.25, 0.3) is 6.08 Å². The molecule has 1 amide bonds. The van der Waals surface area contributed by atoms with Gasteiger partial charge in [-0.05, 0) is 16.7 Å². The van der Waals surface area contributed by atoms with Crippen LogP contribution in [0, 0.1) is 0 Å². The number of nitrogens with one attached hydrogen (secondary N) is 1. The zero-order valence-corrected chi connectivity index (χ0v) is 11.5. The summed E-state index contributed by atoms with van der Waals surface area (Å²) in [5.41, 5.74) is 3.13. The van der Waals surface area contributed by atoms with Crippen LogP contribution in [0.4, 0.5) is 0 Å². The Kier molecular flexibility index (Phi) is 3.15. The molecule has 0 fully saturated rings. The van der Waals surface area contributed by atoms with Crippen molar-refractivity contribution in [2.45, 2.75) is 18.9 Å². The van der Waals surface area contributed by atoms with Crippen molar-refractivity contribution < 1.29 is 4.79 Å². The maximum atomic E-state index is 11.7. The number of hydrogen-bond acceptors (Lipinski definition) is 1. The van der Waals surface area contributed by atoms with Crippen molar-refractivity contribution >= 4 is 12.0 Å². The second-order valence-corrected chi connectivity index (χ2v) is 5.24. The van der Waals surface area contributed by atoms with Crippen LogP contribution in [0.15, 0.2) is 60.7 Å². The molecule has 1 N–H and O–H groups in total. The number of hydrogen-bond donors (Lipinski definition) is 1. The lowest BCUT2D eigenvalue weighted by Crippen LogP contribution is -2.44. The molecule has 1 aliphatic rings. The van der Waals surface area contributed by atoms with Crippen LogP contribution in [0.5, 0.6) is 0 Å². The van der Waals surface area contributed by atoms with Gasteiger partial charge in [0, 0.05) is 13.3 Å². The van der Waals surface area contributed by atoms with Crippen molar-refractivity contribution in [2.24, 2.45) is 0 Å². The Balaban J connectivity index is 2.03. The summed E-state index contributed by atoms with van der Waals surface area (Å²) in [5, 5.41) is 3.13. The molecule has 0 aromatic heterocycles. The van der Waals surface area contributed by atoms with Crippen molar-refractivity contribution in [3.63, 3.8) is 0 Å². The number of amides is 1. The van der Waals surface area contributed by atoms with Gasteiger partial charge in [0.05, 0.1) is 5.54 Å². The van der Waals surface area contributed by atoms with E-state index in [4.69, 9.17) is 0 Å². The van der Waals surface area contributed by atoms with E-state index in [-0.39, 0.29) is 5.91 Å². The summed E-state index contributed by atoms with van der Waals surface area (Å²) >= 11 is 0. The van der Waals surface area contributed by atoms with Gasteiger partial charge < -0.3 is 5.32 Å². The molecule has 2 nitrogen and oxygen atoms in total. The number of carbonyl (C=O) groups excluding carboxylic acids is 1. The summed E-state index contributed by atoms with van der Waals surface area (Å²) in [6.45, 7) is 1.57. The summed E-state index contributed by atoms with van der Waals surface area (Å²) in [7, 11) is 0. The second-order valence-electron chi connectivity index (χ2n) is 5.24. The quantitative estimate of drug-likeness (QED) is 0.904. The van der Waals surface area contributed by atoms with E-state index in [0.717, 1.165) is 6.42 Å². The molecule has 2 aromatic rings. The minimum absolute atomic E-state index is 0.0118. The molecule has 0 bridgehead atoms. The topological polar surface area (TPSA) is 29.1 Å². The van der Waals surface area contributed by atoms with Crippen molar-refractivity contribution in [2.75, 3.05) is 0 Å². The molecule has 0 spiro atoms. The summed E-state index contributed by atoms with van der Waals surface area (Å²) in [4.78, 5) is 11.7. The molecule has 0 saturated carbocycles. The minimum Gasteiger partial charge on any atom is -0.343 e. The molecule has 2 aromatic carbocycles. The first-order valence-electron chi connectivity index (χ1n) is 6.81. The van der Waals surface area contributed by atoms with E-state index in [0.29, 0.717) is 0 Å².